The van der Waals surface area contributed by atoms with E-state index >= 15 is 0 Å². The lowest BCUT2D eigenvalue weighted by Crippen LogP contribution is -2.48. The summed E-state index contributed by atoms with van der Waals surface area (Å²) in [5, 5.41) is 0. The minimum Gasteiger partial charge on any atom is -0.486 e. The normalized spacial score (nSPS) is 33.4. The summed E-state index contributed by atoms with van der Waals surface area (Å²) in [5.74, 6) is 1.82. The summed E-state index contributed by atoms with van der Waals surface area (Å²) in [6, 6.07) is 3.89. The molecule has 1 aromatic heterocycles. The average molecular weight is 288 g/mol. The van der Waals surface area contributed by atoms with Gasteiger partial charge >= 0.3 is 0 Å². The highest BCUT2D eigenvalue weighted by Gasteiger charge is 2.45. The van der Waals surface area contributed by atoms with Crippen molar-refractivity contribution in [2.24, 2.45) is 5.92 Å². The van der Waals surface area contributed by atoms with Gasteiger partial charge < -0.3 is 14.4 Å². The quantitative estimate of drug-likeness (QED) is 0.852. The molecular weight excluding hydrogens is 264 g/mol. The lowest BCUT2D eigenvalue weighted by Gasteiger charge is -2.39. The zero-order chi connectivity index (χ0) is 14.1. The Morgan fingerprint density at radius 2 is 2.38 bits per heavy atom. The molecule has 4 heteroatoms. The first-order valence-corrected chi connectivity index (χ1v) is 8.24. The Morgan fingerprint density at radius 1 is 1.43 bits per heavy atom. The Bertz CT molecular complexity index is 477. The molecule has 0 amide bonds. The van der Waals surface area contributed by atoms with Crippen molar-refractivity contribution in [3.05, 3.63) is 24.5 Å². The number of piperidine rings is 1. The van der Waals surface area contributed by atoms with Gasteiger partial charge in [-0.1, -0.05) is 0 Å². The van der Waals surface area contributed by atoms with Gasteiger partial charge in [0.1, 0.15) is 11.9 Å². The second-order valence-electron chi connectivity index (χ2n) is 6.91. The zero-order valence-electron chi connectivity index (χ0n) is 12.5. The van der Waals surface area contributed by atoms with Gasteiger partial charge in [0.25, 0.3) is 0 Å². The molecule has 3 fully saturated rings. The van der Waals surface area contributed by atoms with E-state index in [1.165, 1.54) is 38.8 Å². The van der Waals surface area contributed by atoms with Crippen LogP contribution in [-0.2, 0) is 4.74 Å². The Balaban J connectivity index is 1.35. The topological polar surface area (TPSA) is 34.6 Å². The van der Waals surface area contributed by atoms with Crippen LogP contribution in [0.5, 0.6) is 5.75 Å². The van der Waals surface area contributed by atoms with Gasteiger partial charge in [-0.3, -0.25) is 4.98 Å². The smallest absolute Gasteiger partial charge is 0.138 e. The maximum absolute atomic E-state index is 6.21. The molecule has 3 aliphatic rings. The van der Waals surface area contributed by atoms with Crippen LogP contribution in [0.3, 0.4) is 0 Å². The van der Waals surface area contributed by atoms with Gasteiger partial charge in [-0.25, -0.2) is 0 Å². The summed E-state index contributed by atoms with van der Waals surface area (Å²) in [4.78, 5) is 6.73. The molecule has 21 heavy (non-hydrogen) atoms. The van der Waals surface area contributed by atoms with E-state index in [1.807, 2.05) is 12.1 Å². The van der Waals surface area contributed by atoms with Gasteiger partial charge in [0.05, 0.1) is 18.4 Å². The molecule has 1 aliphatic carbocycles. The molecule has 3 heterocycles. The van der Waals surface area contributed by atoms with E-state index in [1.54, 1.807) is 12.4 Å². The van der Waals surface area contributed by atoms with E-state index in [0.717, 1.165) is 24.6 Å². The zero-order valence-corrected chi connectivity index (χ0v) is 12.5. The first kappa shape index (κ1) is 13.5. The summed E-state index contributed by atoms with van der Waals surface area (Å²) in [6.07, 6.45) is 10.0. The van der Waals surface area contributed by atoms with Crippen LogP contribution in [0.1, 0.15) is 32.1 Å². The van der Waals surface area contributed by atoms with E-state index < -0.39 is 0 Å². The highest BCUT2D eigenvalue weighted by molar-refractivity contribution is 5.16. The third-order valence-electron chi connectivity index (χ3n) is 4.94. The number of ether oxygens (including phenoxy) is 2. The maximum atomic E-state index is 6.21. The molecule has 4 rings (SSSR count). The van der Waals surface area contributed by atoms with Gasteiger partial charge in [0, 0.05) is 25.7 Å². The summed E-state index contributed by atoms with van der Waals surface area (Å²) in [6.45, 7) is 4.33. The number of hydrogen-bond acceptors (Lipinski definition) is 4. The van der Waals surface area contributed by atoms with Crippen LogP contribution in [0.15, 0.2) is 24.5 Å². The van der Waals surface area contributed by atoms with Gasteiger partial charge in [-0.2, -0.15) is 0 Å². The number of rotatable bonds is 4. The van der Waals surface area contributed by atoms with Crippen molar-refractivity contribution in [3.63, 3.8) is 0 Å². The second kappa shape index (κ2) is 5.58. The molecule has 4 nitrogen and oxygen atoms in total. The lowest BCUT2D eigenvalue weighted by molar-refractivity contribution is -0.0526. The Kier molecular flexibility index (Phi) is 3.59. The van der Waals surface area contributed by atoms with Gasteiger partial charge in [-0.05, 0) is 50.3 Å². The fourth-order valence-corrected chi connectivity index (χ4v) is 3.78. The van der Waals surface area contributed by atoms with Crippen molar-refractivity contribution in [2.75, 3.05) is 26.2 Å². The summed E-state index contributed by atoms with van der Waals surface area (Å²) < 4.78 is 12.2. The molecule has 2 saturated heterocycles. The Hall–Kier alpha value is -1.13. The largest absolute Gasteiger partial charge is 0.486 e. The molecule has 0 aromatic carbocycles. The number of likely N-dealkylation sites (tertiary alicyclic amines) is 1. The van der Waals surface area contributed by atoms with Crippen LogP contribution >= 0.6 is 0 Å². The number of pyridine rings is 1. The number of nitrogens with zero attached hydrogens (tertiary/aromatic N) is 2. The van der Waals surface area contributed by atoms with Crippen molar-refractivity contribution in [1.29, 1.82) is 0 Å². The van der Waals surface area contributed by atoms with Crippen LogP contribution in [0, 0.1) is 5.92 Å². The van der Waals surface area contributed by atoms with Crippen LogP contribution in [0.25, 0.3) is 0 Å². The molecule has 2 unspecified atom stereocenters. The first-order chi connectivity index (χ1) is 10.3. The van der Waals surface area contributed by atoms with Crippen molar-refractivity contribution in [3.8, 4) is 5.75 Å². The SMILES string of the molecule is c1cncc(OC2COC3(CCCN(CC4CC4)C3)C2)c1. The van der Waals surface area contributed by atoms with Crippen LogP contribution < -0.4 is 4.74 Å². The fourth-order valence-electron chi connectivity index (χ4n) is 3.78. The minimum absolute atomic E-state index is 0.0417. The third-order valence-corrected chi connectivity index (χ3v) is 4.94. The van der Waals surface area contributed by atoms with Crippen molar-refractivity contribution < 1.29 is 9.47 Å². The summed E-state index contributed by atoms with van der Waals surface area (Å²) >= 11 is 0. The molecule has 2 atom stereocenters. The highest BCUT2D eigenvalue weighted by atomic mass is 16.6. The van der Waals surface area contributed by atoms with Crippen LogP contribution in [0.4, 0.5) is 0 Å². The van der Waals surface area contributed by atoms with Crippen LogP contribution in [-0.4, -0.2) is 47.8 Å². The number of hydrogen-bond donors (Lipinski definition) is 0. The minimum atomic E-state index is 0.0417. The fraction of sp³-hybridized carbons (Fsp3) is 0.706. The molecular formula is C17H24N2O2. The molecule has 1 spiro atoms. The lowest BCUT2D eigenvalue weighted by atomic mass is 9.89. The molecule has 0 radical (unpaired) electrons. The Labute approximate surface area is 126 Å². The van der Waals surface area contributed by atoms with E-state index in [4.69, 9.17) is 9.47 Å². The second-order valence-corrected chi connectivity index (χ2v) is 6.91. The predicted molar refractivity (Wildman–Crippen MR) is 80.4 cm³/mol. The van der Waals surface area contributed by atoms with Crippen molar-refractivity contribution >= 4 is 0 Å². The maximum Gasteiger partial charge on any atom is 0.138 e. The molecule has 114 valence electrons. The standard InChI is InChI=1S/C17H24N2O2/c1-3-15(10-18-7-1)21-16-9-17(20-12-16)6-2-8-19(13-17)11-14-4-5-14/h1,3,7,10,14,16H,2,4-6,8-9,11-13H2. The molecule has 1 aromatic rings. The van der Waals surface area contributed by atoms with Crippen molar-refractivity contribution in [2.45, 2.75) is 43.8 Å². The Morgan fingerprint density at radius 3 is 3.19 bits per heavy atom. The van der Waals surface area contributed by atoms with Gasteiger partial charge in [-0.15, -0.1) is 0 Å². The first-order valence-electron chi connectivity index (χ1n) is 8.24. The average Bonchev–Trinajstić information content (AvgIpc) is 3.23. The number of aromatic nitrogens is 1. The van der Waals surface area contributed by atoms with E-state index in [9.17, 15) is 0 Å². The predicted octanol–water partition coefficient (Wildman–Crippen LogP) is 2.49. The van der Waals surface area contributed by atoms with E-state index in [0.29, 0.717) is 6.61 Å². The van der Waals surface area contributed by atoms with E-state index in [-0.39, 0.29) is 11.7 Å². The van der Waals surface area contributed by atoms with Crippen molar-refractivity contribution in [1.82, 2.24) is 9.88 Å². The van der Waals surface area contributed by atoms with Crippen LogP contribution in [0.2, 0.25) is 0 Å². The molecule has 0 bridgehead atoms. The molecule has 2 aliphatic heterocycles. The summed E-state index contributed by atoms with van der Waals surface area (Å²) in [5.41, 5.74) is 0.0417. The monoisotopic (exact) mass is 288 g/mol. The highest BCUT2D eigenvalue weighted by Crippen LogP contribution is 2.38. The van der Waals surface area contributed by atoms with E-state index in [2.05, 4.69) is 9.88 Å². The van der Waals surface area contributed by atoms with Gasteiger partial charge in [0.2, 0.25) is 0 Å². The molecule has 1 saturated carbocycles. The summed E-state index contributed by atoms with van der Waals surface area (Å²) in [7, 11) is 0. The van der Waals surface area contributed by atoms with Gasteiger partial charge in [0.15, 0.2) is 0 Å². The molecule has 0 N–H and O–H groups in total. The third kappa shape index (κ3) is 3.22.